The lowest BCUT2D eigenvalue weighted by Gasteiger charge is -2.34. The second-order valence-electron chi connectivity index (χ2n) is 5.48. The molecule has 0 aliphatic carbocycles. The van der Waals surface area contributed by atoms with Gasteiger partial charge in [0.25, 0.3) is 11.6 Å². The predicted molar refractivity (Wildman–Crippen MR) is 83.6 cm³/mol. The van der Waals surface area contributed by atoms with Gasteiger partial charge >= 0.3 is 0 Å². The lowest BCUT2D eigenvalue weighted by atomic mass is 10.1. The van der Waals surface area contributed by atoms with Crippen LogP contribution < -0.4 is 5.32 Å². The Balaban J connectivity index is 1.96. The van der Waals surface area contributed by atoms with Crippen LogP contribution in [0.15, 0.2) is 36.9 Å². The highest BCUT2D eigenvalue weighted by atomic mass is 16.6. The highest BCUT2D eigenvalue weighted by Crippen LogP contribution is 2.25. The van der Waals surface area contributed by atoms with Crippen molar-refractivity contribution in [2.24, 2.45) is 0 Å². The Morgan fingerprint density at radius 2 is 2.30 bits per heavy atom. The summed E-state index contributed by atoms with van der Waals surface area (Å²) in [7, 11) is 0. The third-order valence-corrected chi connectivity index (χ3v) is 3.96. The summed E-state index contributed by atoms with van der Waals surface area (Å²) in [4.78, 5) is 29.2. The van der Waals surface area contributed by atoms with Gasteiger partial charge in [-0.1, -0.05) is 0 Å². The summed E-state index contributed by atoms with van der Waals surface area (Å²) in [6.45, 7) is 4.00. The van der Waals surface area contributed by atoms with Crippen LogP contribution in [0, 0.1) is 10.1 Å². The average molecular weight is 315 g/mol. The minimum atomic E-state index is -0.479. The van der Waals surface area contributed by atoms with Gasteiger partial charge in [-0.15, -0.1) is 0 Å². The normalized spacial score (nSPS) is 18.0. The molecule has 0 spiro atoms. The summed E-state index contributed by atoms with van der Waals surface area (Å²) in [6.07, 6.45) is 4.66. The number of nitro benzene ring substituents is 1. The number of piperazine rings is 1. The van der Waals surface area contributed by atoms with Crippen molar-refractivity contribution in [2.45, 2.75) is 13.0 Å². The van der Waals surface area contributed by atoms with Gasteiger partial charge in [0.2, 0.25) is 0 Å². The van der Waals surface area contributed by atoms with Crippen LogP contribution in [-0.2, 0) is 0 Å². The van der Waals surface area contributed by atoms with E-state index in [1.54, 1.807) is 34.0 Å². The van der Waals surface area contributed by atoms with Crippen LogP contribution in [0.5, 0.6) is 0 Å². The third-order valence-electron chi connectivity index (χ3n) is 3.96. The molecular weight excluding hydrogens is 298 g/mol. The minimum absolute atomic E-state index is 0.0589. The molecule has 1 aliphatic heterocycles. The molecule has 1 saturated heterocycles. The first kappa shape index (κ1) is 15.2. The molecule has 1 fully saturated rings. The minimum Gasteiger partial charge on any atom is -0.333 e. The van der Waals surface area contributed by atoms with Gasteiger partial charge in [0.15, 0.2) is 0 Å². The van der Waals surface area contributed by atoms with Crippen molar-refractivity contribution in [3.63, 3.8) is 0 Å². The summed E-state index contributed by atoms with van der Waals surface area (Å²) in [5.41, 5.74) is 0.600. The molecule has 0 unspecified atom stereocenters. The van der Waals surface area contributed by atoms with E-state index in [0.29, 0.717) is 17.8 Å². The van der Waals surface area contributed by atoms with Crippen LogP contribution in [0.25, 0.3) is 5.69 Å². The van der Waals surface area contributed by atoms with E-state index in [1.165, 1.54) is 12.4 Å². The largest absolute Gasteiger partial charge is 0.333 e. The molecule has 23 heavy (non-hydrogen) atoms. The first-order valence-corrected chi connectivity index (χ1v) is 7.36. The van der Waals surface area contributed by atoms with Crippen molar-refractivity contribution >= 4 is 11.6 Å². The van der Waals surface area contributed by atoms with Crippen LogP contribution >= 0.6 is 0 Å². The van der Waals surface area contributed by atoms with Crippen molar-refractivity contribution in [2.75, 3.05) is 19.6 Å². The Labute approximate surface area is 132 Å². The Morgan fingerprint density at radius 1 is 1.48 bits per heavy atom. The first-order valence-electron chi connectivity index (χ1n) is 7.36. The molecular formula is C15H17N5O3. The number of benzene rings is 1. The van der Waals surface area contributed by atoms with Crippen LogP contribution in [0.4, 0.5) is 5.69 Å². The number of nitrogens with zero attached hydrogens (tertiary/aromatic N) is 4. The van der Waals surface area contributed by atoms with Gasteiger partial charge < -0.3 is 14.8 Å². The van der Waals surface area contributed by atoms with E-state index in [0.717, 1.165) is 13.1 Å². The molecule has 1 aromatic carbocycles. The zero-order valence-corrected chi connectivity index (χ0v) is 12.7. The monoisotopic (exact) mass is 315 g/mol. The van der Waals surface area contributed by atoms with E-state index in [1.807, 2.05) is 6.92 Å². The molecule has 1 N–H and O–H groups in total. The lowest BCUT2D eigenvalue weighted by Crippen LogP contribution is -2.52. The van der Waals surface area contributed by atoms with Gasteiger partial charge in [0.1, 0.15) is 5.69 Å². The zero-order chi connectivity index (χ0) is 16.4. The topological polar surface area (TPSA) is 93.3 Å². The Bertz CT molecular complexity index is 729. The van der Waals surface area contributed by atoms with Crippen LogP contribution in [-0.4, -0.2) is 51.0 Å². The molecule has 1 atom stereocenters. The fourth-order valence-corrected chi connectivity index (χ4v) is 2.73. The second-order valence-corrected chi connectivity index (χ2v) is 5.48. The molecule has 0 bridgehead atoms. The summed E-state index contributed by atoms with van der Waals surface area (Å²) in [5.74, 6) is -0.181. The fraction of sp³-hybridized carbons (Fsp3) is 0.333. The van der Waals surface area contributed by atoms with Crippen molar-refractivity contribution in [1.29, 1.82) is 0 Å². The van der Waals surface area contributed by atoms with E-state index in [2.05, 4.69) is 10.3 Å². The maximum absolute atomic E-state index is 12.6. The number of aromatic nitrogens is 2. The molecule has 2 aromatic rings. The average Bonchev–Trinajstić information content (AvgIpc) is 3.08. The quantitative estimate of drug-likeness (QED) is 0.679. The number of nitro groups is 1. The molecule has 0 radical (unpaired) electrons. The molecule has 0 saturated carbocycles. The number of amides is 1. The van der Waals surface area contributed by atoms with Crippen LogP contribution in [0.2, 0.25) is 0 Å². The number of imidazole rings is 1. The van der Waals surface area contributed by atoms with Crippen molar-refractivity contribution < 1.29 is 9.72 Å². The number of carbonyl (C=O) groups is 1. The molecule has 8 heteroatoms. The summed E-state index contributed by atoms with van der Waals surface area (Å²) in [5, 5.41) is 14.6. The fourth-order valence-electron chi connectivity index (χ4n) is 2.73. The van der Waals surface area contributed by atoms with Gasteiger partial charge in [0, 0.05) is 49.7 Å². The summed E-state index contributed by atoms with van der Waals surface area (Å²) in [6, 6.07) is 4.61. The summed E-state index contributed by atoms with van der Waals surface area (Å²) < 4.78 is 1.56. The van der Waals surface area contributed by atoms with Gasteiger partial charge in [-0.2, -0.15) is 0 Å². The van der Waals surface area contributed by atoms with E-state index in [4.69, 9.17) is 0 Å². The Hall–Kier alpha value is -2.74. The van der Waals surface area contributed by atoms with E-state index in [-0.39, 0.29) is 17.6 Å². The van der Waals surface area contributed by atoms with Gasteiger partial charge in [-0.25, -0.2) is 4.98 Å². The van der Waals surface area contributed by atoms with E-state index < -0.39 is 4.92 Å². The van der Waals surface area contributed by atoms with Crippen LogP contribution in [0.3, 0.4) is 0 Å². The van der Waals surface area contributed by atoms with E-state index >= 15 is 0 Å². The van der Waals surface area contributed by atoms with Crippen molar-refractivity contribution in [1.82, 2.24) is 19.8 Å². The Kier molecular flexibility index (Phi) is 4.07. The molecule has 1 aromatic heterocycles. The highest BCUT2D eigenvalue weighted by molar-refractivity contribution is 5.95. The molecule has 1 aliphatic rings. The van der Waals surface area contributed by atoms with Gasteiger partial charge in [-0.3, -0.25) is 14.9 Å². The number of carbonyl (C=O) groups excluding carboxylic acids is 1. The first-order chi connectivity index (χ1) is 11.1. The Morgan fingerprint density at radius 3 is 2.96 bits per heavy atom. The second kappa shape index (κ2) is 6.17. The number of hydrogen-bond acceptors (Lipinski definition) is 5. The van der Waals surface area contributed by atoms with Crippen molar-refractivity contribution in [3.05, 3.63) is 52.6 Å². The predicted octanol–water partition coefficient (Wildman–Crippen LogP) is 1.21. The molecule has 120 valence electrons. The third kappa shape index (κ3) is 2.93. The number of hydrogen-bond donors (Lipinski definition) is 1. The maximum Gasteiger partial charge on any atom is 0.294 e. The lowest BCUT2D eigenvalue weighted by molar-refractivity contribution is -0.384. The SMILES string of the molecule is C[C@@H]1CNCCN1C(=O)c1ccc(-n2ccnc2)c([N+](=O)[O-])c1. The molecule has 1 amide bonds. The molecule has 2 heterocycles. The standard InChI is InChI=1S/C15H17N5O3/c1-11-9-16-5-7-19(11)15(21)12-2-3-13(14(8-12)20(22)23)18-6-4-17-10-18/h2-4,6,8,10-11,16H,5,7,9H2,1H3/t11-/m1/s1. The van der Waals surface area contributed by atoms with Gasteiger partial charge in [0.05, 0.1) is 11.3 Å². The molecule has 3 rings (SSSR count). The summed E-state index contributed by atoms with van der Waals surface area (Å²) >= 11 is 0. The van der Waals surface area contributed by atoms with Crippen molar-refractivity contribution in [3.8, 4) is 5.69 Å². The van der Waals surface area contributed by atoms with Gasteiger partial charge in [-0.05, 0) is 19.1 Å². The van der Waals surface area contributed by atoms with Crippen LogP contribution in [0.1, 0.15) is 17.3 Å². The molecule has 8 nitrogen and oxygen atoms in total. The van der Waals surface area contributed by atoms with E-state index in [9.17, 15) is 14.9 Å². The highest BCUT2D eigenvalue weighted by Gasteiger charge is 2.26. The number of nitrogens with one attached hydrogen (secondary N) is 1. The number of rotatable bonds is 3. The zero-order valence-electron chi connectivity index (χ0n) is 12.7. The maximum atomic E-state index is 12.6. The smallest absolute Gasteiger partial charge is 0.294 e.